The van der Waals surface area contributed by atoms with Gasteiger partial charge in [-0.15, -0.1) is 0 Å². The minimum atomic E-state index is -1.51. The molecule has 4 rings (SSSR count). The Labute approximate surface area is 225 Å². The molecule has 2 aromatic heterocycles. The Morgan fingerprint density at radius 3 is 2.76 bits per heavy atom. The Bertz CT molecular complexity index is 1320. The number of hydrogen-bond acceptors (Lipinski definition) is 5. The number of carbonyl (C=O) groups excluding carboxylic acids is 1. The van der Waals surface area contributed by atoms with Gasteiger partial charge >= 0.3 is 0 Å². The summed E-state index contributed by atoms with van der Waals surface area (Å²) in [4.78, 5) is 23.5. The molecule has 0 spiro atoms. The lowest BCUT2D eigenvalue weighted by atomic mass is 9.75. The Morgan fingerprint density at radius 2 is 2.08 bits per heavy atom. The van der Waals surface area contributed by atoms with Crippen LogP contribution in [0.3, 0.4) is 0 Å². The van der Waals surface area contributed by atoms with Crippen LogP contribution in [0.2, 0.25) is 5.02 Å². The van der Waals surface area contributed by atoms with E-state index in [0.717, 1.165) is 29.7 Å². The van der Waals surface area contributed by atoms with Crippen LogP contribution in [-0.4, -0.2) is 53.8 Å². The van der Waals surface area contributed by atoms with E-state index >= 15 is 0 Å². The zero-order valence-electron chi connectivity index (χ0n) is 21.5. The van der Waals surface area contributed by atoms with E-state index in [4.69, 9.17) is 21.5 Å². The molecule has 3 aromatic rings. The van der Waals surface area contributed by atoms with E-state index < -0.39 is 15.7 Å². The van der Waals surface area contributed by atoms with Crippen molar-refractivity contribution in [1.82, 2.24) is 19.3 Å². The largest absolute Gasteiger partial charge is 0.489 e. The summed E-state index contributed by atoms with van der Waals surface area (Å²) in [6, 6.07) is 3.93. The molecular formula is C27H34ClN5O3S. The second kappa shape index (κ2) is 11.3. The first-order chi connectivity index (χ1) is 17.6. The third kappa shape index (κ3) is 6.05. The molecular weight excluding hydrogens is 510 g/mol. The highest BCUT2D eigenvalue weighted by molar-refractivity contribution is 7.84. The predicted molar refractivity (Wildman–Crippen MR) is 147 cm³/mol. The fourth-order valence-corrected chi connectivity index (χ4v) is 5.51. The Balaban J connectivity index is 1.59. The van der Waals surface area contributed by atoms with Crippen LogP contribution in [0, 0.1) is 12.8 Å². The van der Waals surface area contributed by atoms with Crippen molar-refractivity contribution in [3.63, 3.8) is 0 Å². The van der Waals surface area contributed by atoms with Gasteiger partial charge < -0.3 is 9.64 Å². The third-order valence-corrected chi connectivity index (χ3v) is 8.85. The highest BCUT2D eigenvalue weighted by Gasteiger charge is 2.37. The number of halogens is 1. The highest BCUT2D eigenvalue weighted by Crippen LogP contribution is 2.44. The maximum absolute atomic E-state index is 13.2. The third-order valence-electron chi connectivity index (χ3n) is 7.19. The number of likely N-dealkylation sites (tertiary alicyclic amines) is 1. The molecule has 0 aliphatic carbocycles. The van der Waals surface area contributed by atoms with E-state index in [2.05, 4.69) is 16.5 Å². The molecule has 37 heavy (non-hydrogen) atoms. The van der Waals surface area contributed by atoms with Crippen molar-refractivity contribution in [3.8, 4) is 5.75 Å². The van der Waals surface area contributed by atoms with E-state index in [1.807, 2.05) is 37.8 Å². The quantitative estimate of drug-likeness (QED) is 0.395. The van der Waals surface area contributed by atoms with Gasteiger partial charge in [-0.05, 0) is 75.1 Å². The summed E-state index contributed by atoms with van der Waals surface area (Å²) in [5.41, 5.74) is 2.44. The van der Waals surface area contributed by atoms with Crippen molar-refractivity contribution in [2.75, 3.05) is 19.7 Å². The fraction of sp³-hybridized carbons (Fsp3) is 0.444. The zero-order valence-corrected chi connectivity index (χ0v) is 23.1. The molecule has 1 aliphatic rings. The van der Waals surface area contributed by atoms with Crippen molar-refractivity contribution >= 4 is 34.3 Å². The normalized spacial score (nSPS) is 16.5. The molecule has 1 unspecified atom stereocenters. The van der Waals surface area contributed by atoms with Gasteiger partial charge in [0.1, 0.15) is 12.4 Å². The lowest BCUT2D eigenvalue weighted by molar-refractivity contribution is 0.0672. The van der Waals surface area contributed by atoms with E-state index in [1.54, 1.807) is 35.3 Å². The number of aromatic nitrogens is 3. The number of rotatable bonds is 9. The SMILES string of the molecule is C=CCOc1cc(C)c(Cl)cc1[C@H](CC(C)(C)S(N)=O)C1CCN(C(=O)c2cnc3nccn3c2)CC1. The van der Waals surface area contributed by atoms with Crippen LogP contribution in [0.15, 0.2) is 49.6 Å². The van der Waals surface area contributed by atoms with Crippen LogP contribution in [0.1, 0.15) is 60.5 Å². The molecule has 2 N–H and O–H groups in total. The van der Waals surface area contributed by atoms with E-state index in [0.29, 0.717) is 42.5 Å². The van der Waals surface area contributed by atoms with E-state index in [1.165, 1.54) is 0 Å². The second-order valence-corrected chi connectivity index (χ2v) is 12.3. The summed E-state index contributed by atoms with van der Waals surface area (Å²) in [5.74, 6) is 1.50. The Kier molecular flexibility index (Phi) is 8.36. The van der Waals surface area contributed by atoms with Gasteiger partial charge in [0.15, 0.2) is 0 Å². The van der Waals surface area contributed by atoms with Crippen molar-refractivity contribution in [2.24, 2.45) is 11.1 Å². The van der Waals surface area contributed by atoms with Crippen molar-refractivity contribution in [2.45, 2.75) is 50.7 Å². The highest BCUT2D eigenvalue weighted by atomic mass is 35.5. The number of amides is 1. The standard InChI is InChI=1S/C27H34ClN5O3S/c1-5-12-36-24-13-18(2)23(28)14-21(24)22(15-27(3,4)37(29)35)19-6-9-32(10-7-19)25(34)20-16-31-26-30-8-11-33(26)17-20/h5,8,11,13-14,16-17,19,22H,1,6-7,9-10,12,15,29H2,2-4H3/t22-,37?/m1/s1. The summed E-state index contributed by atoms with van der Waals surface area (Å²) in [5, 5.41) is 6.55. The number of aryl methyl sites for hydroxylation is 1. The van der Waals surface area contributed by atoms with Crippen LogP contribution >= 0.6 is 11.6 Å². The van der Waals surface area contributed by atoms with E-state index in [9.17, 15) is 9.00 Å². The lowest BCUT2D eigenvalue weighted by Gasteiger charge is -2.39. The zero-order chi connectivity index (χ0) is 26.7. The van der Waals surface area contributed by atoms with Gasteiger partial charge in [-0.2, -0.15) is 0 Å². The summed E-state index contributed by atoms with van der Waals surface area (Å²) in [6.07, 6.45) is 10.7. The summed E-state index contributed by atoms with van der Waals surface area (Å²) in [6.45, 7) is 11.2. The number of nitrogens with two attached hydrogens (primary N) is 1. The van der Waals surface area contributed by atoms with Crippen LogP contribution in [0.4, 0.5) is 0 Å². The minimum absolute atomic E-state index is 0.00151. The first-order valence-corrected chi connectivity index (χ1v) is 14.0. The number of hydrogen-bond donors (Lipinski definition) is 1. The number of nitrogens with zero attached hydrogens (tertiary/aromatic N) is 4. The first kappa shape index (κ1) is 27.3. The first-order valence-electron chi connectivity index (χ1n) is 12.4. The van der Waals surface area contributed by atoms with Crippen LogP contribution in [0.25, 0.3) is 5.78 Å². The van der Waals surface area contributed by atoms with Crippen molar-refractivity contribution in [1.29, 1.82) is 0 Å². The molecule has 1 aromatic carbocycles. The van der Waals surface area contributed by atoms with Crippen LogP contribution in [0.5, 0.6) is 5.75 Å². The maximum Gasteiger partial charge on any atom is 0.256 e. The maximum atomic E-state index is 13.2. The van der Waals surface area contributed by atoms with Gasteiger partial charge in [-0.3, -0.25) is 14.3 Å². The molecule has 0 radical (unpaired) electrons. The number of fused-ring (bicyclic) bond motifs is 1. The number of piperidine rings is 1. The molecule has 2 atom stereocenters. The molecule has 0 bridgehead atoms. The average molecular weight is 544 g/mol. The Hall–Kier alpha value is -2.75. The van der Waals surface area contributed by atoms with Crippen molar-refractivity contribution in [3.05, 3.63) is 71.3 Å². The number of carbonyl (C=O) groups is 1. The molecule has 0 saturated carbocycles. The van der Waals surface area contributed by atoms with Gasteiger partial charge in [0.05, 0.1) is 21.3 Å². The van der Waals surface area contributed by atoms with Gasteiger partial charge in [-0.25, -0.2) is 14.2 Å². The number of benzene rings is 1. The molecule has 198 valence electrons. The van der Waals surface area contributed by atoms with Gasteiger partial charge in [0.25, 0.3) is 5.91 Å². The van der Waals surface area contributed by atoms with Gasteiger partial charge in [0.2, 0.25) is 5.78 Å². The number of ether oxygens (including phenoxy) is 1. The molecule has 8 nitrogen and oxygen atoms in total. The summed E-state index contributed by atoms with van der Waals surface area (Å²) < 4.78 is 19.6. The van der Waals surface area contributed by atoms with E-state index in [-0.39, 0.29) is 17.7 Å². The molecule has 1 saturated heterocycles. The molecule has 1 fully saturated rings. The second-order valence-electron chi connectivity index (χ2n) is 10.2. The molecule has 1 amide bonds. The number of imidazole rings is 1. The smallest absolute Gasteiger partial charge is 0.256 e. The Morgan fingerprint density at radius 1 is 1.35 bits per heavy atom. The van der Waals surface area contributed by atoms with Gasteiger partial charge in [-0.1, -0.05) is 24.3 Å². The van der Waals surface area contributed by atoms with Crippen LogP contribution in [-0.2, 0) is 11.0 Å². The molecule has 1 aliphatic heterocycles. The summed E-state index contributed by atoms with van der Waals surface area (Å²) >= 11 is 6.58. The molecule has 3 heterocycles. The lowest BCUT2D eigenvalue weighted by Crippen LogP contribution is -2.41. The monoisotopic (exact) mass is 543 g/mol. The van der Waals surface area contributed by atoms with Gasteiger partial charge in [0, 0.05) is 42.9 Å². The molecule has 10 heteroatoms. The summed E-state index contributed by atoms with van der Waals surface area (Å²) in [7, 11) is -1.51. The fourth-order valence-electron chi connectivity index (χ4n) is 4.99. The minimum Gasteiger partial charge on any atom is -0.489 e. The van der Waals surface area contributed by atoms with Crippen LogP contribution < -0.4 is 9.88 Å². The average Bonchev–Trinajstić information content (AvgIpc) is 3.35. The predicted octanol–water partition coefficient (Wildman–Crippen LogP) is 4.68. The topological polar surface area (TPSA) is 103 Å². The van der Waals surface area contributed by atoms with Crippen molar-refractivity contribution < 1.29 is 13.7 Å².